The molecule has 0 bridgehead atoms. The Labute approximate surface area is 186 Å². The molecule has 8 unspecified atom stereocenters. The van der Waals surface area contributed by atoms with Crippen LogP contribution < -0.4 is 0 Å². The summed E-state index contributed by atoms with van der Waals surface area (Å²) in [5.41, 5.74) is 1.05. The molecule has 0 spiro atoms. The largest absolute Gasteiger partial charge is 0.481 e. The van der Waals surface area contributed by atoms with Crippen LogP contribution in [0, 0.1) is 40.4 Å². The van der Waals surface area contributed by atoms with Gasteiger partial charge in [-0.3, -0.25) is 14.4 Å². The van der Waals surface area contributed by atoms with Crippen molar-refractivity contribution in [2.75, 3.05) is 0 Å². The Morgan fingerprint density at radius 3 is 2.61 bits per heavy atom. The Hall–Kier alpha value is -1.65. The zero-order chi connectivity index (χ0) is 22.6. The zero-order valence-corrected chi connectivity index (χ0v) is 19.5. The number of carboxylic acids is 1. The molecule has 0 aliphatic heterocycles. The van der Waals surface area contributed by atoms with Gasteiger partial charge in [0.2, 0.25) is 0 Å². The Balaban J connectivity index is 1.58. The molecule has 8 atom stereocenters. The highest BCUT2D eigenvalue weighted by Crippen LogP contribution is 2.65. The van der Waals surface area contributed by atoms with E-state index in [0.29, 0.717) is 24.2 Å². The summed E-state index contributed by atoms with van der Waals surface area (Å²) in [7, 11) is 0. The van der Waals surface area contributed by atoms with Crippen molar-refractivity contribution >= 4 is 17.7 Å². The summed E-state index contributed by atoms with van der Waals surface area (Å²) in [6, 6.07) is 0. The fourth-order valence-corrected chi connectivity index (χ4v) is 8.11. The van der Waals surface area contributed by atoms with Crippen molar-refractivity contribution in [1.82, 2.24) is 0 Å². The highest BCUT2D eigenvalue weighted by molar-refractivity contribution is 5.97. The van der Waals surface area contributed by atoms with Gasteiger partial charge in [0.15, 0.2) is 5.78 Å². The monoisotopic (exact) mass is 430 g/mol. The third kappa shape index (κ3) is 3.66. The molecule has 0 aromatic carbocycles. The van der Waals surface area contributed by atoms with Crippen LogP contribution in [-0.2, 0) is 19.1 Å². The maximum Gasteiger partial charge on any atom is 0.303 e. The first-order valence-electron chi connectivity index (χ1n) is 12.2. The SMILES string of the molecule is CC(=O)OC1CCC2(C)C3=CC(=O)C4(C)C(C(C)CCC(=O)O)CCC4C3CCC2C1. The van der Waals surface area contributed by atoms with E-state index in [2.05, 4.69) is 20.8 Å². The lowest BCUT2D eigenvalue weighted by Crippen LogP contribution is -2.52. The van der Waals surface area contributed by atoms with Crippen LogP contribution in [0.4, 0.5) is 0 Å². The molecule has 5 heteroatoms. The number of ketones is 1. The maximum atomic E-state index is 13.7. The minimum atomic E-state index is -0.751. The predicted octanol–water partition coefficient (Wildman–Crippen LogP) is 5.18. The number of rotatable bonds is 5. The summed E-state index contributed by atoms with van der Waals surface area (Å²) in [4.78, 5) is 36.2. The number of esters is 1. The minimum absolute atomic E-state index is 0.0169. The normalized spacial score (nSPS) is 42.6. The molecule has 0 saturated heterocycles. The number of carbonyl (C=O) groups excluding carboxylic acids is 2. The lowest BCUT2D eigenvalue weighted by Gasteiger charge is -2.56. The molecule has 172 valence electrons. The molecule has 3 fully saturated rings. The molecular formula is C26H38O5. The van der Waals surface area contributed by atoms with Crippen molar-refractivity contribution in [1.29, 1.82) is 0 Å². The Morgan fingerprint density at radius 2 is 1.94 bits per heavy atom. The summed E-state index contributed by atoms with van der Waals surface area (Å²) in [5, 5.41) is 9.11. The van der Waals surface area contributed by atoms with Crippen molar-refractivity contribution < 1.29 is 24.2 Å². The molecule has 3 saturated carbocycles. The summed E-state index contributed by atoms with van der Waals surface area (Å²) in [5.74, 6) is 1.16. The van der Waals surface area contributed by atoms with E-state index in [1.54, 1.807) is 0 Å². The topological polar surface area (TPSA) is 80.7 Å². The molecular weight excluding hydrogens is 392 g/mol. The lowest BCUT2D eigenvalue weighted by atomic mass is 9.48. The van der Waals surface area contributed by atoms with Crippen LogP contribution in [0.1, 0.15) is 85.5 Å². The fraction of sp³-hybridized carbons (Fsp3) is 0.808. The van der Waals surface area contributed by atoms with Crippen LogP contribution in [0.5, 0.6) is 0 Å². The molecule has 4 aliphatic rings. The molecule has 0 aromatic heterocycles. The molecule has 4 aliphatic carbocycles. The standard InChI is InChI=1S/C26H38O5/c1-15(5-10-24(29)30)20-8-9-21-19-7-6-17-13-18(31-16(2)27)11-12-25(17,3)22(19)14-23(28)26(20,21)4/h14-15,17-21H,5-13H2,1-4H3,(H,29,30). The van der Waals surface area contributed by atoms with Gasteiger partial charge in [-0.1, -0.05) is 26.3 Å². The average Bonchev–Trinajstić information content (AvgIpc) is 3.06. The number of hydrogen-bond acceptors (Lipinski definition) is 4. The van der Waals surface area contributed by atoms with Crippen LogP contribution in [0.25, 0.3) is 0 Å². The first kappa shape index (κ1) is 22.5. The second-order valence-corrected chi connectivity index (χ2v) is 11.3. The van der Waals surface area contributed by atoms with Gasteiger partial charge < -0.3 is 9.84 Å². The third-order valence-electron chi connectivity index (χ3n) is 9.78. The van der Waals surface area contributed by atoms with Gasteiger partial charge in [0.25, 0.3) is 0 Å². The molecule has 4 rings (SSSR count). The van der Waals surface area contributed by atoms with E-state index in [-0.39, 0.29) is 46.9 Å². The average molecular weight is 431 g/mol. The smallest absolute Gasteiger partial charge is 0.303 e. The molecule has 5 nitrogen and oxygen atoms in total. The number of fused-ring (bicyclic) bond motifs is 5. The van der Waals surface area contributed by atoms with Crippen molar-refractivity contribution in [2.24, 2.45) is 40.4 Å². The molecule has 0 amide bonds. The van der Waals surface area contributed by atoms with Gasteiger partial charge >= 0.3 is 11.9 Å². The summed E-state index contributed by atoms with van der Waals surface area (Å²) in [6.45, 7) is 8.15. The Kier molecular flexibility index (Phi) is 5.85. The second kappa shape index (κ2) is 8.04. The van der Waals surface area contributed by atoms with Crippen molar-refractivity contribution in [3.05, 3.63) is 11.6 Å². The van der Waals surface area contributed by atoms with Crippen LogP contribution in [0.2, 0.25) is 0 Å². The molecule has 0 radical (unpaired) electrons. The van der Waals surface area contributed by atoms with Crippen molar-refractivity contribution in [3.8, 4) is 0 Å². The van der Waals surface area contributed by atoms with Crippen molar-refractivity contribution in [3.63, 3.8) is 0 Å². The number of hydrogen-bond donors (Lipinski definition) is 1. The van der Waals surface area contributed by atoms with Crippen LogP contribution >= 0.6 is 0 Å². The van der Waals surface area contributed by atoms with Crippen LogP contribution in [-0.4, -0.2) is 28.9 Å². The van der Waals surface area contributed by atoms with E-state index in [4.69, 9.17) is 9.84 Å². The van der Waals surface area contributed by atoms with E-state index in [1.807, 2.05) is 6.08 Å². The van der Waals surface area contributed by atoms with Crippen molar-refractivity contribution in [2.45, 2.75) is 91.6 Å². The Morgan fingerprint density at radius 1 is 1.19 bits per heavy atom. The third-order valence-corrected chi connectivity index (χ3v) is 9.78. The van der Waals surface area contributed by atoms with Gasteiger partial charge in [0.1, 0.15) is 6.10 Å². The van der Waals surface area contributed by atoms with Gasteiger partial charge in [0.05, 0.1) is 0 Å². The van der Waals surface area contributed by atoms with E-state index >= 15 is 0 Å². The number of ether oxygens (including phenoxy) is 1. The van der Waals surface area contributed by atoms with Gasteiger partial charge in [-0.15, -0.1) is 0 Å². The summed E-state index contributed by atoms with van der Waals surface area (Å²) in [6.07, 6.45) is 9.97. The number of carbonyl (C=O) groups is 3. The van der Waals surface area contributed by atoms with Gasteiger partial charge in [-0.2, -0.15) is 0 Å². The molecule has 31 heavy (non-hydrogen) atoms. The maximum absolute atomic E-state index is 13.7. The van der Waals surface area contributed by atoms with E-state index in [9.17, 15) is 14.4 Å². The first-order valence-corrected chi connectivity index (χ1v) is 12.2. The number of allylic oxidation sites excluding steroid dienone is 2. The summed E-state index contributed by atoms with van der Waals surface area (Å²) >= 11 is 0. The van der Waals surface area contributed by atoms with E-state index < -0.39 is 5.97 Å². The summed E-state index contributed by atoms with van der Waals surface area (Å²) < 4.78 is 5.54. The highest BCUT2D eigenvalue weighted by Gasteiger charge is 2.61. The Bertz CT molecular complexity index is 800. The van der Waals surface area contributed by atoms with Gasteiger partial charge in [-0.05, 0) is 92.4 Å². The molecule has 1 N–H and O–H groups in total. The lowest BCUT2D eigenvalue weighted by molar-refractivity contribution is -0.151. The first-order chi connectivity index (χ1) is 14.6. The van der Waals surface area contributed by atoms with Crippen LogP contribution in [0.3, 0.4) is 0 Å². The number of aliphatic carboxylic acids is 1. The van der Waals surface area contributed by atoms with Gasteiger partial charge in [-0.25, -0.2) is 0 Å². The van der Waals surface area contributed by atoms with Gasteiger partial charge in [0, 0.05) is 18.8 Å². The highest BCUT2D eigenvalue weighted by atomic mass is 16.5. The molecule has 0 aromatic rings. The fourth-order valence-electron chi connectivity index (χ4n) is 8.11. The van der Waals surface area contributed by atoms with Crippen LogP contribution in [0.15, 0.2) is 11.6 Å². The van der Waals surface area contributed by atoms with E-state index in [0.717, 1.165) is 44.9 Å². The number of carboxylic acid groups (broad SMARTS) is 1. The second-order valence-electron chi connectivity index (χ2n) is 11.3. The zero-order valence-electron chi connectivity index (χ0n) is 19.5. The quantitative estimate of drug-likeness (QED) is 0.608. The minimum Gasteiger partial charge on any atom is -0.481 e. The predicted molar refractivity (Wildman–Crippen MR) is 117 cm³/mol. The van der Waals surface area contributed by atoms with E-state index in [1.165, 1.54) is 12.5 Å². The molecule has 0 heterocycles.